The van der Waals surface area contributed by atoms with Crippen LogP contribution in [-0.4, -0.2) is 55.7 Å². The Hall–Kier alpha value is -1.95. The van der Waals surface area contributed by atoms with Crippen molar-refractivity contribution in [3.8, 4) is 11.5 Å². The first kappa shape index (κ1) is 21.9. The minimum Gasteiger partial charge on any atom is -0.457 e. The molecule has 2 aliphatic heterocycles. The van der Waals surface area contributed by atoms with Gasteiger partial charge in [-0.3, -0.25) is 4.90 Å². The molecule has 32 heavy (non-hydrogen) atoms. The third-order valence-electron chi connectivity index (χ3n) is 7.35. The third-order valence-corrected chi connectivity index (χ3v) is 7.35. The average Bonchev–Trinajstić information content (AvgIpc) is 3.27. The maximum Gasteiger partial charge on any atom is 0.127 e. The van der Waals surface area contributed by atoms with Crippen LogP contribution in [0, 0.1) is 23.6 Å². The molecule has 1 aliphatic carbocycles. The summed E-state index contributed by atoms with van der Waals surface area (Å²) in [4.78, 5) is 5.16. The zero-order valence-corrected chi connectivity index (χ0v) is 18.9. The van der Waals surface area contributed by atoms with Crippen molar-refractivity contribution >= 4 is 0 Å². The largest absolute Gasteiger partial charge is 0.457 e. The van der Waals surface area contributed by atoms with Crippen LogP contribution in [0.3, 0.4) is 0 Å². The Morgan fingerprint density at radius 2 is 1.47 bits per heavy atom. The number of benzene rings is 2. The van der Waals surface area contributed by atoms with Crippen LogP contribution in [0.2, 0.25) is 0 Å². The van der Waals surface area contributed by atoms with Gasteiger partial charge in [0.2, 0.25) is 0 Å². The van der Waals surface area contributed by atoms with Gasteiger partial charge < -0.3 is 14.4 Å². The number of nitrogens with zero attached hydrogens (tertiary/aromatic N) is 2. The molecule has 2 aromatic rings. The molecular weight excluding hydrogens is 403 g/mol. The molecule has 0 radical (unpaired) electrons. The van der Waals surface area contributed by atoms with Gasteiger partial charge in [0, 0.05) is 32.8 Å². The topological polar surface area (TPSA) is 24.9 Å². The number of piperidine rings is 2. The lowest BCUT2D eigenvalue weighted by molar-refractivity contribution is 0.0967. The molecule has 2 heterocycles. The van der Waals surface area contributed by atoms with Crippen molar-refractivity contribution < 1.29 is 13.9 Å². The predicted octanol–water partition coefficient (Wildman–Crippen LogP) is 5.19. The highest BCUT2D eigenvalue weighted by Crippen LogP contribution is 2.52. The maximum atomic E-state index is 13.0. The van der Waals surface area contributed by atoms with Gasteiger partial charge >= 0.3 is 0 Å². The van der Waals surface area contributed by atoms with Gasteiger partial charge in [0.05, 0.1) is 6.61 Å². The van der Waals surface area contributed by atoms with Gasteiger partial charge in [-0.2, -0.15) is 0 Å². The van der Waals surface area contributed by atoms with Crippen LogP contribution in [0.1, 0.15) is 31.2 Å². The van der Waals surface area contributed by atoms with Crippen LogP contribution in [-0.2, 0) is 11.3 Å². The molecule has 0 N–H and O–H groups in total. The van der Waals surface area contributed by atoms with Crippen molar-refractivity contribution in [2.24, 2.45) is 17.8 Å². The van der Waals surface area contributed by atoms with E-state index < -0.39 is 0 Å². The van der Waals surface area contributed by atoms with Gasteiger partial charge in [0.25, 0.3) is 0 Å². The first-order valence-corrected chi connectivity index (χ1v) is 12.3. The third kappa shape index (κ3) is 5.69. The average molecular weight is 439 g/mol. The van der Waals surface area contributed by atoms with Gasteiger partial charge in [0.15, 0.2) is 0 Å². The molecule has 1 saturated carbocycles. The van der Waals surface area contributed by atoms with Gasteiger partial charge in [-0.1, -0.05) is 18.6 Å². The second kappa shape index (κ2) is 10.3. The lowest BCUT2D eigenvalue weighted by Gasteiger charge is -2.26. The van der Waals surface area contributed by atoms with Crippen LogP contribution in [0.4, 0.5) is 4.39 Å². The van der Waals surface area contributed by atoms with E-state index in [0.717, 1.165) is 43.3 Å². The highest BCUT2D eigenvalue weighted by atomic mass is 19.1. The Morgan fingerprint density at radius 1 is 0.812 bits per heavy atom. The Kier molecular flexibility index (Phi) is 7.06. The zero-order valence-electron chi connectivity index (χ0n) is 18.9. The van der Waals surface area contributed by atoms with Crippen LogP contribution in [0.15, 0.2) is 48.5 Å². The normalized spacial score (nSPS) is 25.6. The van der Waals surface area contributed by atoms with Crippen LogP contribution < -0.4 is 4.74 Å². The van der Waals surface area contributed by atoms with Crippen LogP contribution in [0.5, 0.6) is 11.5 Å². The summed E-state index contributed by atoms with van der Waals surface area (Å²) in [6.45, 7) is 9.03. The van der Waals surface area contributed by atoms with Crippen molar-refractivity contribution in [3.05, 3.63) is 59.9 Å². The SMILES string of the molecule is Fc1ccc(Oc2ccc(CN3CC4C(COCCCN5CCCCC5)C4C3)cc2)cc1. The summed E-state index contributed by atoms with van der Waals surface area (Å²) in [6, 6.07) is 14.4. The van der Waals surface area contributed by atoms with Crippen molar-refractivity contribution in [2.75, 3.05) is 45.9 Å². The lowest BCUT2D eigenvalue weighted by Crippen LogP contribution is -2.31. The Labute approximate surface area is 191 Å². The summed E-state index contributed by atoms with van der Waals surface area (Å²) in [5, 5.41) is 0. The number of ether oxygens (including phenoxy) is 2. The molecule has 2 atom stereocenters. The fraction of sp³-hybridized carbons (Fsp3) is 0.556. The summed E-state index contributed by atoms with van der Waals surface area (Å²) >= 11 is 0. The van der Waals surface area contributed by atoms with Gasteiger partial charge in [-0.05, 0) is 92.1 Å². The van der Waals surface area contributed by atoms with Crippen molar-refractivity contribution in [1.29, 1.82) is 0 Å². The molecule has 4 nitrogen and oxygen atoms in total. The summed E-state index contributed by atoms with van der Waals surface area (Å²) in [7, 11) is 0. The van der Waals surface area contributed by atoms with Crippen LogP contribution in [0.25, 0.3) is 0 Å². The van der Waals surface area contributed by atoms with E-state index in [9.17, 15) is 4.39 Å². The molecule has 5 rings (SSSR count). The second-order valence-corrected chi connectivity index (χ2v) is 9.72. The molecule has 5 heteroatoms. The molecule has 3 aliphatic rings. The first-order chi connectivity index (χ1) is 15.7. The van der Waals surface area contributed by atoms with E-state index in [2.05, 4.69) is 21.9 Å². The Bertz CT molecular complexity index is 839. The number of rotatable bonds is 10. The molecular formula is C27H35FN2O2. The van der Waals surface area contributed by atoms with E-state index in [0.29, 0.717) is 5.75 Å². The summed E-state index contributed by atoms with van der Waals surface area (Å²) in [5.41, 5.74) is 1.31. The smallest absolute Gasteiger partial charge is 0.127 e. The van der Waals surface area contributed by atoms with Crippen molar-refractivity contribution in [3.63, 3.8) is 0 Å². The Balaban J connectivity index is 0.971. The standard InChI is InChI=1S/C27H35FN2O2/c28-22-7-11-24(12-8-22)32-23-9-5-21(6-10-23)17-30-18-25-26(19-30)27(25)20-31-16-4-15-29-13-2-1-3-14-29/h5-12,25-27H,1-4,13-20H2. The molecule has 3 fully saturated rings. The maximum absolute atomic E-state index is 13.0. The second-order valence-electron chi connectivity index (χ2n) is 9.72. The number of fused-ring (bicyclic) bond motifs is 1. The van der Waals surface area contributed by atoms with Gasteiger partial charge in [-0.25, -0.2) is 4.39 Å². The minimum absolute atomic E-state index is 0.252. The zero-order chi connectivity index (χ0) is 21.8. The number of halogens is 1. The highest BCUT2D eigenvalue weighted by molar-refractivity contribution is 5.33. The van der Waals surface area contributed by atoms with Crippen molar-refractivity contribution in [2.45, 2.75) is 32.2 Å². The molecule has 2 saturated heterocycles. The fourth-order valence-corrected chi connectivity index (χ4v) is 5.47. The number of hydrogen-bond donors (Lipinski definition) is 0. The summed E-state index contributed by atoms with van der Waals surface area (Å²) in [5.74, 6) is 3.63. The highest BCUT2D eigenvalue weighted by Gasteiger charge is 2.55. The molecule has 2 aromatic carbocycles. The van der Waals surface area contributed by atoms with Crippen molar-refractivity contribution in [1.82, 2.24) is 9.80 Å². The molecule has 0 bridgehead atoms. The molecule has 0 amide bonds. The number of likely N-dealkylation sites (tertiary alicyclic amines) is 2. The fourth-order valence-electron chi connectivity index (χ4n) is 5.47. The van der Waals surface area contributed by atoms with E-state index in [1.807, 2.05) is 12.1 Å². The molecule has 0 aromatic heterocycles. The molecule has 2 unspecified atom stereocenters. The van der Waals surface area contributed by atoms with Gasteiger partial charge in [-0.15, -0.1) is 0 Å². The van der Waals surface area contributed by atoms with Crippen LogP contribution >= 0.6 is 0 Å². The summed E-state index contributed by atoms with van der Waals surface area (Å²) < 4.78 is 24.8. The molecule has 172 valence electrons. The van der Waals surface area contributed by atoms with Gasteiger partial charge in [0.1, 0.15) is 17.3 Å². The van der Waals surface area contributed by atoms with E-state index in [1.54, 1.807) is 12.1 Å². The Morgan fingerprint density at radius 3 is 2.16 bits per heavy atom. The predicted molar refractivity (Wildman–Crippen MR) is 124 cm³/mol. The quantitative estimate of drug-likeness (QED) is 0.477. The molecule has 0 spiro atoms. The first-order valence-electron chi connectivity index (χ1n) is 12.3. The minimum atomic E-state index is -0.252. The number of hydrogen-bond acceptors (Lipinski definition) is 4. The van der Waals surface area contributed by atoms with E-state index in [4.69, 9.17) is 9.47 Å². The summed E-state index contributed by atoms with van der Waals surface area (Å²) in [6.07, 6.45) is 5.33. The monoisotopic (exact) mass is 438 g/mol. The lowest BCUT2D eigenvalue weighted by atomic mass is 10.1. The van der Waals surface area contributed by atoms with E-state index in [-0.39, 0.29) is 5.82 Å². The van der Waals surface area contributed by atoms with E-state index >= 15 is 0 Å². The van der Waals surface area contributed by atoms with E-state index in [1.165, 1.54) is 76.1 Å².